The Kier molecular flexibility index (Phi) is 10.3. The van der Waals surface area contributed by atoms with Crippen LogP contribution in [0.3, 0.4) is 0 Å². The van der Waals surface area contributed by atoms with Gasteiger partial charge in [-0.25, -0.2) is 0 Å². The first-order valence-electron chi connectivity index (χ1n) is 13.4. The zero-order valence-electron chi connectivity index (χ0n) is 23.0. The number of ketones is 1. The van der Waals surface area contributed by atoms with Gasteiger partial charge in [0, 0.05) is 5.56 Å². The van der Waals surface area contributed by atoms with E-state index in [2.05, 4.69) is 34.6 Å². The summed E-state index contributed by atoms with van der Waals surface area (Å²) in [6.07, 6.45) is 11.8. The van der Waals surface area contributed by atoms with E-state index in [9.17, 15) is 4.79 Å². The van der Waals surface area contributed by atoms with Gasteiger partial charge in [-0.15, -0.1) is 0 Å². The minimum Gasteiger partial charge on any atom is -0.496 e. The van der Waals surface area contributed by atoms with Crippen LogP contribution in [0.1, 0.15) is 126 Å². The third kappa shape index (κ3) is 7.49. The molecule has 33 heavy (non-hydrogen) atoms. The normalized spacial score (nSPS) is 19.9. The molecule has 0 saturated heterocycles. The van der Waals surface area contributed by atoms with Gasteiger partial charge in [-0.2, -0.15) is 0 Å². The fourth-order valence-electron chi connectivity index (χ4n) is 5.52. The molecule has 0 bridgehead atoms. The lowest BCUT2D eigenvalue weighted by Crippen LogP contribution is -2.40. The highest BCUT2D eigenvalue weighted by atomic mass is 16.5. The Labute approximate surface area is 204 Å². The highest BCUT2D eigenvalue weighted by Crippen LogP contribution is 2.44. The molecule has 1 aliphatic heterocycles. The van der Waals surface area contributed by atoms with Gasteiger partial charge in [0.1, 0.15) is 17.1 Å². The van der Waals surface area contributed by atoms with E-state index in [1.165, 1.54) is 44.9 Å². The Morgan fingerprint density at radius 2 is 1.39 bits per heavy atom. The molecule has 188 valence electrons. The fourth-order valence-corrected chi connectivity index (χ4v) is 5.52. The molecule has 0 N–H and O–H groups in total. The number of Topliss-reactive ketones (excluding diaryl/α,β-unsaturated/α-hetero) is 1. The van der Waals surface area contributed by atoms with Gasteiger partial charge in [-0.3, -0.25) is 4.79 Å². The lowest BCUT2D eigenvalue weighted by atomic mass is 9.83. The van der Waals surface area contributed by atoms with Crippen molar-refractivity contribution in [1.29, 1.82) is 0 Å². The van der Waals surface area contributed by atoms with Crippen LogP contribution in [0.4, 0.5) is 0 Å². The van der Waals surface area contributed by atoms with Crippen molar-refractivity contribution in [3.05, 3.63) is 22.3 Å². The molecular formula is C30H50O3. The topological polar surface area (TPSA) is 35.5 Å². The van der Waals surface area contributed by atoms with E-state index in [0.29, 0.717) is 6.42 Å². The Bertz CT molecular complexity index is 794. The van der Waals surface area contributed by atoms with Gasteiger partial charge in [0.25, 0.3) is 0 Å². The van der Waals surface area contributed by atoms with Crippen LogP contribution in [0, 0.1) is 38.5 Å². The van der Waals surface area contributed by atoms with Crippen LogP contribution >= 0.6 is 0 Å². The van der Waals surface area contributed by atoms with Crippen molar-refractivity contribution in [2.75, 3.05) is 7.11 Å². The van der Waals surface area contributed by atoms with Gasteiger partial charge >= 0.3 is 0 Å². The number of fused-ring (bicyclic) bond motifs is 1. The third-order valence-corrected chi connectivity index (χ3v) is 7.83. The molecule has 0 amide bonds. The van der Waals surface area contributed by atoms with E-state index >= 15 is 0 Å². The van der Waals surface area contributed by atoms with Gasteiger partial charge in [-0.05, 0) is 69.4 Å². The number of benzene rings is 1. The summed E-state index contributed by atoms with van der Waals surface area (Å²) in [6.45, 7) is 17.6. The molecule has 1 heterocycles. The van der Waals surface area contributed by atoms with E-state index in [1.54, 1.807) is 7.11 Å². The van der Waals surface area contributed by atoms with Gasteiger partial charge in [0.15, 0.2) is 5.78 Å². The highest BCUT2D eigenvalue weighted by Gasteiger charge is 2.39. The first-order chi connectivity index (χ1) is 15.5. The largest absolute Gasteiger partial charge is 0.496 e. The minimum atomic E-state index is -0.410. The maximum absolute atomic E-state index is 13.1. The minimum absolute atomic E-state index is 0.192. The number of ether oxygens (including phenoxy) is 2. The Morgan fingerprint density at radius 3 is 1.94 bits per heavy atom. The zero-order valence-corrected chi connectivity index (χ0v) is 23.0. The molecule has 0 radical (unpaired) electrons. The molecule has 3 heteroatoms. The summed E-state index contributed by atoms with van der Waals surface area (Å²) in [5.41, 5.74) is 3.32. The maximum Gasteiger partial charge on any atom is 0.170 e. The number of rotatable bonds is 13. The molecule has 0 fully saturated rings. The monoisotopic (exact) mass is 458 g/mol. The Hall–Kier alpha value is -1.51. The molecular weight excluding hydrogens is 408 g/mol. The van der Waals surface area contributed by atoms with E-state index in [4.69, 9.17) is 9.47 Å². The molecule has 1 aromatic rings. The van der Waals surface area contributed by atoms with Gasteiger partial charge < -0.3 is 9.47 Å². The molecule has 3 nitrogen and oxygen atoms in total. The third-order valence-electron chi connectivity index (χ3n) is 7.83. The van der Waals surface area contributed by atoms with Gasteiger partial charge in [-0.1, -0.05) is 72.6 Å². The average molecular weight is 459 g/mol. The molecule has 2 rings (SSSR count). The quantitative estimate of drug-likeness (QED) is 0.296. The lowest BCUT2D eigenvalue weighted by Gasteiger charge is -2.37. The van der Waals surface area contributed by atoms with Gasteiger partial charge in [0.2, 0.25) is 0 Å². The summed E-state index contributed by atoms with van der Waals surface area (Å²) < 4.78 is 12.1. The zero-order chi connectivity index (χ0) is 24.8. The molecule has 1 aromatic carbocycles. The number of methoxy groups -OCH3 is 1. The van der Waals surface area contributed by atoms with Crippen LogP contribution in [0.15, 0.2) is 0 Å². The van der Waals surface area contributed by atoms with Crippen molar-refractivity contribution in [2.45, 2.75) is 125 Å². The smallest absolute Gasteiger partial charge is 0.170 e. The van der Waals surface area contributed by atoms with Crippen molar-refractivity contribution in [1.82, 2.24) is 0 Å². The molecule has 0 unspecified atom stereocenters. The predicted molar refractivity (Wildman–Crippen MR) is 140 cm³/mol. The lowest BCUT2D eigenvalue weighted by molar-refractivity contribution is 0.0438. The standard InChI is InChI=1S/C30H50O3/c1-20(2)13-10-14-21(3)15-11-16-22(4)17-12-18-30(8)19-26(31)27-25(7)28(32-9)23(5)24(6)29(27)33-30/h20-22H,10-19H2,1-9H3/t21-,22-,30-/m1/s1. The summed E-state index contributed by atoms with van der Waals surface area (Å²) in [4.78, 5) is 13.1. The first-order valence-corrected chi connectivity index (χ1v) is 13.4. The van der Waals surface area contributed by atoms with Crippen LogP contribution in [-0.4, -0.2) is 18.5 Å². The molecule has 0 aliphatic carbocycles. The molecule has 0 aromatic heterocycles. The number of hydrogen-bond acceptors (Lipinski definition) is 3. The molecule has 0 spiro atoms. The second-order valence-electron chi connectivity index (χ2n) is 11.6. The van der Waals surface area contributed by atoms with E-state index < -0.39 is 5.60 Å². The number of hydrogen-bond donors (Lipinski definition) is 0. The second-order valence-corrected chi connectivity index (χ2v) is 11.6. The van der Waals surface area contributed by atoms with Crippen LogP contribution < -0.4 is 9.47 Å². The number of carbonyl (C=O) groups excluding carboxylic acids is 1. The molecule has 0 saturated carbocycles. The first kappa shape index (κ1) is 27.7. The molecule has 3 atom stereocenters. The Balaban J connectivity index is 1.84. The second kappa shape index (κ2) is 12.3. The summed E-state index contributed by atoms with van der Waals surface area (Å²) in [5.74, 6) is 4.20. The SMILES string of the molecule is COc1c(C)c(C)c2c(c1C)C(=O)C[C@@](C)(CCC[C@H](C)CCC[C@H](C)CCCC(C)C)O2. The summed E-state index contributed by atoms with van der Waals surface area (Å²) in [7, 11) is 1.67. The fraction of sp³-hybridized carbons (Fsp3) is 0.767. The van der Waals surface area contributed by atoms with Crippen molar-refractivity contribution >= 4 is 5.78 Å². The number of carbonyl (C=O) groups is 1. The van der Waals surface area contributed by atoms with Crippen LogP contribution in [0.25, 0.3) is 0 Å². The summed E-state index contributed by atoms with van der Waals surface area (Å²) in [6, 6.07) is 0. The summed E-state index contributed by atoms with van der Waals surface area (Å²) in [5, 5.41) is 0. The maximum atomic E-state index is 13.1. The van der Waals surface area contributed by atoms with Crippen molar-refractivity contribution in [3.8, 4) is 11.5 Å². The van der Waals surface area contributed by atoms with Crippen molar-refractivity contribution < 1.29 is 14.3 Å². The van der Waals surface area contributed by atoms with Gasteiger partial charge in [0.05, 0.1) is 19.1 Å². The predicted octanol–water partition coefficient (Wildman–Crippen LogP) is 8.78. The van der Waals surface area contributed by atoms with E-state index in [-0.39, 0.29) is 5.78 Å². The molecule has 1 aliphatic rings. The highest BCUT2D eigenvalue weighted by molar-refractivity contribution is 6.03. The van der Waals surface area contributed by atoms with Crippen LogP contribution in [0.2, 0.25) is 0 Å². The van der Waals surface area contributed by atoms with Crippen molar-refractivity contribution in [2.24, 2.45) is 17.8 Å². The van der Waals surface area contributed by atoms with Crippen LogP contribution in [-0.2, 0) is 0 Å². The average Bonchev–Trinajstić information content (AvgIpc) is 2.71. The van der Waals surface area contributed by atoms with Crippen LogP contribution in [0.5, 0.6) is 11.5 Å². The van der Waals surface area contributed by atoms with Crippen molar-refractivity contribution in [3.63, 3.8) is 0 Å². The summed E-state index contributed by atoms with van der Waals surface area (Å²) >= 11 is 0. The Morgan fingerprint density at radius 1 is 0.848 bits per heavy atom. The van der Waals surface area contributed by atoms with E-state index in [1.807, 2.05) is 20.8 Å². The van der Waals surface area contributed by atoms with E-state index in [0.717, 1.165) is 64.3 Å².